The molecule has 0 heterocycles. The quantitative estimate of drug-likeness (QED) is 0.843. The molecule has 3 N–H and O–H groups in total. The number of anilines is 2. The highest BCUT2D eigenvalue weighted by molar-refractivity contribution is 7.92. The molecular formula is C14H16N2O2S. The first-order valence-electron chi connectivity index (χ1n) is 5.99. The summed E-state index contributed by atoms with van der Waals surface area (Å²) >= 11 is 0. The van der Waals surface area contributed by atoms with Crippen molar-refractivity contribution in [1.82, 2.24) is 0 Å². The lowest BCUT2D eigenvalue weighted by Crippen LogP contribution is -2.15. The number of aryl methyl sites for hydroxylation is 1. The minimum atomic E-state index is -3.61. The number of benzene rings is 2. The fourth-order valence-corrected chi connectivity index (χ4v) is 3.23. The van der Waals surface area contributed by atoms with Crippen LogP contribution in [0.15, 0.2) is 53.4 Å². The van der Waals surface area contributed by atoms with Gasteiger partial charge in [0, 0.05) is 11.4 Å². The Hall–Kier alpha value is -2.01. The van der Waals surface area contributed by atoms with Crippen molar-refractivity contribution in [3.05, 3.63) is 54.1 Å². The Kier molecular flexibility index (Phi) is 3.76. The Morgan fingerprint density at radius 1 is 1.11 bits per heavy atom. The van der Waals surface area contributed by atoms with E-state index in [9.17, 15) is 8.42 Å². The molecule has 2 aromatic rings. The maximum Gasteiger partial charge on any atom is 0.262 e. The van der Waals surface area contributed by atoms with Gasteiger partial charge in [-0.15, -0.1) is 0 Å². The van der Waals surface area contributed by atoms with E-state index in [0.29, 0.717) is 17.8 Å². The topological polar surface area (TPSA) is 72.2 Å². The lowest BCUT2D eigenvalue weighted by atomic mass is 10.1. The SMILES string of the molecule is CCc1ccc(N)cc1S(=O)(=O)Nc1ccccc1. The minimum absolute atomic E-state index is 0.235. The van der Waals surface area contributed by atoms with Gasteiger partial charge in [0.25, 0.3) is 10.0 Å². The predicted molar refractivity (Wildman–Crippen MR) is 77.5 cm³/mol. The second kappa shape index (κ2) is 5.32. The van der Waals surface area contributed by atoms with Crippen molar-refractivity contribution < 1.29 is 8.42 Å². The maximum atomic E-state index is 12.4. The zero-order chi connectivity index (χ0) is 13.9. The smallest absolute Gasteiger partial charge is 0.262 e. The highest BCUT2D eigenvalue weighted by atomic mass is 32.2. The molecule has 2 rings (SSSR count). The first-order chi connectivity index (χ1) is 9.03. The number of nitrogens with one attached hydrogen (secondary N) is 1. The normalized spacial score (nSPS) is 11.2. The third kappa shape index (κ3) is 3.06. The fraction of sp³-hybridized carbons (Fsp3) is 0.143. The Bertz CT molecular complexity index is 667. The van der Waals surface area contributed by atoms with Gasteiger partial charge in [-0.2, -0.15) is 0 Å². The molecular weight excluding hydrogens is 260 g/mol. The third-order valence-electron chi connectivity index (χ3n) is 2.79. The Morgan fingerprint density at radius 3 is 2.42 bits per heavy atom. The largest absolute Gasteiger partial charge is 0.399 e. The predicted octanol–water partition coefficient (Wildman–Crippen LogP) is 2.63. The van der Waals surface area contributed by atoms with Gasteiger partial charge >= 0.3 is 0 Å². The van der Waals surface area contributed by atoms with E-state index >= 15 is 0 Å². The number of hydrogen-bond acceptors (Lipinski definition) is 3. The van der Waals surface area contributed by atoms with Gasteiger partial charge in [-0.25, -0.2) is 8.42 Å². The minimum Gasteiger partial charge on any atom is -0.399 e. The summed E-state index contributed by atoms with van der Waals surface area (Å²) in [4.78, 5) is 0.235. The van der Waals surface area contributed by atoms with E-state index in [-0.39, 0.29) is 4.90 Å². The molecule has 0 saturated carbocycles. The molecule has 0 unspecified atom stereocenters. The summed E-state index contributed by atoms with van der Waals surface area (Å²) in [6.45, 7) is 1.91. The zero-order valence-electron chi connectivity index (χ0n) is 10.6. The van der Waals surface area contributed by atoms with Crippen molar-refractivity contribution in [2.75, 3.05) is 10.5 Å². The van der Waals surface area contributed by atoms with Gasteiger partial charge in [0.15, 0.2) is 0 Å². The summed E-state index contributed by atoms with van der Waals surface area (Å²) in [7, 11) is -3.61. The molecule has 2 aromatic carbocycles. The Morgan fingerprint density at radius 2 is 1.79 bits per heavy atom. The highest BCUT2D eigenvalue weighted by Crippen LogP contribution is 2.22. The standard InChI is InChI=1S/C14H16N2O2S/c1-2-11-8-9-12(15)10-14(11)19(17,18)16-13-6-4-3-5-7-13/h3-10,16H,2,15H2,1H3. The van der Waals surface area contributed by atoms with Crippen molar-refractivity contribution in [2.45, 2.75) is 18.2 Å². The van der Waals surface area contributed by atoms with Crippen molar-refractivity contribution in [2.24, 2.45) is 0 Å². The third-order valence-corrected chi connectivity index (χ3v) is 4.25. The number of hydrogen-bond donors (Lipinski definition) is 2. The van der Waals surface area contributed by atoms with Crippen molar-refractivity contribution in [3.8, 4) is 0 Å². The number of nitrogens with two attached hydrogens (primary N) is 1. The zero-order valence-corrected chi connectivity index (χ0v) is 11.4. The molecule has 0 aromatic heterocycles. The summed E-state index contributed by atoms with van der Waals surface area (Å²) in [6, 6.07) is 13.7. The van der Waals surface area contributed by atoms with Gasteiger partial charge in [0.1, 0.15) is 0 Å². The van der Waals surface area contributed by atoms with Crippen LogP contribution in [0.1, 0.15) is 12.5 Å². The lowest BCUT2D eigenvalue weighted by Gasteiger charge is -2.12. The lowest BCUT2D eigenvalue weighted by molar-refractivity contribution is 0.600. The van der Waals surface area contributed by atoms with Gasteiger partial charge in [-0.3, -0.25) is 4.72 Å². The summed E-state index contributed by atoms with van der Waals surface area (Å²) in [5.74, 6) is 0. The Labute approximate surface area is 113 Å². The fourth-order valence-electron chi connectivity index (χ4n) is 1.83. The van der Waals surface area contributed by atoms with E-state index in [1.165, 1.54) is 6.07 Å². The highest BCUT2D eigenvalue weighted by Gasteiger charge is 2.18. The number of rotatable bonds is 4. The summed E-state index contributed by atoms with van der Waals surface area (Å²) in [5, 5.41) is 0. The van der Waals surface area contributed by atoms with Gasteiger partial charge in [-0.05, 0) is 36.2 Å². The van der Waals surface area contributed by atoms with Gasteiger partial charge in [0.05, 0.1) is 4.90 Å². The van der Waals surface area contributed by atoms with Crippen LogP contribution in [-0.4, -0.2) is 8.42 Å². The van der Waals surface area contributed by atoms with E-state index in [1.807, 2.05) is 13.0 Å². The second-order valence-corrected chi connectivity index (χ2v) is 5.84. The van der Waals surface area contributed by atoms with Gasteiger partial charge < -0.3 is 5.73 Å². The van der Waals surface area contributed by atoms with Gasteiger partial charge in [-0.1, -0.05) is 31.2 Å². The van der Waals surface area contributed by atoms with Crippen molar-refractivity contribution >= 4 is 21.4 Å². The average molecular weight is 276 g/mol. The number of nitrogen functional groups attached to an aromatic ring is 1. The van der Waals surface area contributed by atoms with E-state index in [4.69, 9.17) is 5.73 Å². The molecule has 100 valence electrons. The molecule has 0 atom stereocenters. The van der Waals surface area contributed by atoms with Crippen LogP contribution in [0.3, 0.4) is 0 Å². The summed E-state index contributed by atoms with van der Waals surface area (Å²) in [5.41, 5.74) is 7.40. The van der Waals surface area contributed by atoms with Crippen LogP contribution in [-0.2, 0) is 16.4 Å². The van der Waals surface area contributed by atoms with E-state index < -0.39 is 10.0 Å². The molecule has 0 aliphatic rings. The Balaban J connectivity index is 2.42. The molecule has 0 fully saturated rings. The molecule has 19 heavy (non-hydrogen) atoms. The molecule has 0 aliphatic carbocycles. The van der Waals surface area contributed by atoms with Crippen LogP contribution in [0, 0.1) is 0 Å². The molecule has 0 amide bonds. The van der Waals surface area contributed by atoms with Crippen molar-refractivity contribution in [1.29, 1.82) is 0 Å². The molecule has 0 radical (unpaired) electrons. The molecule has 4 nitrogen and oxygen atoms in total. The van der Waals surface area contributed by atoms with Crippen LogP contribution < -0.4 is 10.5 Å². The monoisotopic (exact) mass is 276 g/mol. The number of sulfonamides is 1. The second-order valence-electron chi connectivity index (χ2n) is 4.19. The van der Waals surface area contributed by atoms with Crippen LogP contribution >= 0.6 is 0 Å². The maximum absolute atomic E-state index is 12.4. The van der Waals surface area contributed by atoms with Crippen LogP contribution in [0.5, 0.6) is 0 Å². The van der Waals surface area contributed by atoms with E-state index in [0.717, 1.165) is 5.56 Å². The summed E-state index contributed by atoms with van der Waals surface area (Å²) < 4.78 is 27.3. The first kappa shape index (κ1) is 13.4. The van der Waals surface area contributed by atoms with Crippen LogP contribution in [0.4, 0.5) is 11.4 Å². The first-order valence-corrected chi connectivity index (χ1v) is 7.47. The molecule has 0 saturated heterocycles. The van der Waals surface area contributed by atoms with Gasteiger partial charge in [0.2, 0.25) is 0 Å². The molecule has 0 bridgehead atoms. The average Bonchev–Trinajstić information content (AvgIpc) is 2.39. The van der Waals surface area contributed by atoms with Crippen molar-refractivity contribution in [3.63, 3.8) is 0 Å². The number of para-hydroxylation sites is 1. The van der Waals surface area contributed by atoms with E-state index in [2.05, 4.69) is 4.72 Å². The molecule has 0 aliphatic heterocycles. The molecule has 0 spiro atoms. The summed E-state index contributed by atoms with van der Waals surface area (Å²) in [6.07, 6.45) is 0.630. The molecule has 5 heteroatoms. The van der Waals surface area contributed by atoms with Crippen LogP contribution in [0.25, 0.3) is 0 Å². The van der Waals surface area contributed by atoms with E-state index in [1.54, 1.807) is 36.4 Å². The van der Waals surface area contributed by atoms with Crippen LogP contribution in [0.2, 0.25) is 0 Å².